The largest absolute Gasteiger partial charge is 0.497 e. The summed E-state index contributed by atoms with van der Waals surface area (Å²) in [6.07, 6.45) is 1.93. The third-order valence-electron chi connectivity index (χ3n) is 6.55. The fourth-order valence-corrected chi connectivity index (χ4v) is 5.19. The SMILES string of the molecule is COc1cccc(CN2C[C@H]3CC[C@@]4(N=C(c5ccccc5)NC4=O)[C@H]3C2)c1. The van der Waals surface area contributed by atoms with Crippen LogP contribution in [0.2, 0.25) is 0 Å². The first-order valence-corrected chi connectivity index (χ1v) is 10.00. The van der Waals surface area contributed by atoms with Gasteiger partial charge in [0.25, 0.3) is 5.91 Å². The Hall–Kier alpha value is -2.66. The van der Waals surface area contributed by atoms with Gasteiger partial charge in [0.05, 0.1) is 7.11 Å². The van der Waals surface area contributed by atoms with Gasteiger partial charge in [-0.25, -0.2) is 0 Å². The van der Waals surface area contributed by atoms with Gasteiger partial charge in [0.2, 0.25) is 0 Å². The van der Waals surface area contributed by atoms with Crippen LogP contribution in [0.1, 0.15) is 24.0 Å². The Labute approximate surface area is 165 Å². The van der Waals surface area contributed by atoms with Gasteiger partial charge in [-0.15, -0.1) is 0 Å². The first-order valence-electron chi connectivity index (χ1n) is 10.00. The Morgan fingerprint density at radius 1 is 1.18 bits per heavy atom. The highest BCUT2D eigenvalue weighted by Crippen LogP contribution is 2.49. The number of likely N-dealkylation sites (tertiary alicyclic amines) is 1. The average Bonchev–Trinajstić information content (AvgIpc) is 3.38. The molecule has 2 aromatic carbocycles. The van der Waals surface area contributed by atoms with Gasteiger partial charge < -0.3 is 10.1 Å². The lowest BCUT2D eigenvalue weighted by Gasteiger charge is -2.25. The van der Waals surface area contributed by atoms with Gasteiger partial charge in [0.15, 0.2) is 0 Å². The van der Waals surface area contributed by atoms with Gasteiger partial charge >= 0.3 is 0 Å². The maximum atomic E-state index is 13.0. The Kier molecular flexibility index (Phi) is 4.20. The molecule has 5 nitrogen and oxygen atoms in total. The summed E-state index contributed by atoms with van der Waals surface area (Å²) in [6, 6.07) is 18.2. The summed E-state index contributed by atoms with van der Waals surface area (Å²) in [5.74, 6) is 2.54. The number of carbonyl (C=O) groups excluding carboxylic acids is 1. The highest BCUT2D eigenvalue weighted by molar-refractivity contribution is 6.15. The molecule has 5 rings (SSSR count). The van der Waals surface area contributed by atoms with Crippen molar-refractivity contribution in [2.45, 2.75) is 24.9 Å². The van der Waals surface area contributed by atoms with Crippen LogP contribution in [0.25, 0.3) is 0 Å². The first kappa shape index (κ1) is 17.4. The molecule has 3 atom stereocenters. The van der Waals surface area contributed by atoms with Gasteiger partial charge in [-0.05, 0) is 36.5 Å². The number of nitrogens with zero attached hydrogens (tertiary/aromatic N) is 2. The molecule has 144 valence electrons. The molecule has 0 radical (unpaired) electrons. The molecule has 1 N–H and O–H groups in total. The number of carbonyl (C=O) groups is 1. The van der Waals surface area contributed by atoms with Crippen molar-refractivity contribution in [2.75, 3.05) is 20.2 Å². The summed E-state index contributed by atoms with van der Waals surface area (Å²) in [5.41, 5.74) is 1.65. The number of methoxy groups -OCH3 is 1. The fraction of sp³-hybridized carbons (Fsp3) is 0.391. The van der Waals surface area contributed by atoms with Gasteiger partial charge in [-0.2, -0.15) is 0 Å². The van der Waals surface area contributed by atoms with E-state index in [0.29, 0.717) is 11.8 Å². The second-order valence-electron chi connectivity index (χ2n) is 8.16. The van der Waals surface area contributed by atoms with E-state index >= 15 is 0 Å². The predicted molar refractivity (Wildman–Crippen MR) is 108 cm³/mol. The van der Waals surface area contributed by atoms with E-state index in [4.69, 9.17) is 9.73 Å². The molecule has 2 heterocycles. The molecule has 2 aromatic rings. The van der Waals surface area contributed by atoms with Crippen molar-refractivity contribution < 1.29 is 9.53 Å². The van der Waals surface area contributed by atoms with Crippen LogP contribution in [0.4, 0.5) is 0 Å². The van der Waals surface area contributed by atoms with Gasteiger partial charge in [0.1, 0.15) is 17.1 Å². The van der Waals surface area contributed by atoms with E-state index in [1.54, 1.807) is 7.11 Å². The lowest BCUT2D eigenvalue weighted by atomic mass is 9.85. The lowest BCUT2D eigenvalue weighted by Crippen LogP contribution is -2.44. The molecule has 28 heavy (non-hydrogen) atoms. The van der Waals surface area contributed by atoms with Crippen molar-refractivity contribution in [3.63, 3.8) is 0 Å². The molecule has 1 saturated carbocycles. The molecular weight excluding hydrogens is 350 g/mol. The molecule has 2 fully saturated rings. The molecule has 1 amide bonds. The molecule has 2 aliphatic heterocycles. The molecule has 5 heteroatoms. The highest BCUT2D eigenvalue weighted by atomic mass is 16.5. The zero-order valence-corrected chi connectivity index (χ0v) is 16.1. The van der Waals surface area contributed by atoms with Crippen LogP contribution in [0.15, 0.2) is 59.6 Å². The molecule has 3 aliphatic rings. The second kappa shape index (κ2) is 6.74. The number of rotatable bonds is 4. The number of nitrogens with one attached hydrogen (secondary N) is 1. The van der Waals surface area contributed by atoms with E-state index in [1.165, 1.54) is 5.56 Å². The number of aliphatic imine (C=N–C) groups is 1. The summed E-state index contributed by atoms with van der Waals surface area (Å²) < 4.78 is 5.35. The van der Waals surface area contributed by atoms with Crippen LogP contribution in [0.5, 0.6) is 5.75 Å². The van der Waals surface area contributed by atoms with Gasteiger partial charge in [0, 0.05) is 31.1 Å². The number of amidine groups is 1. The van der Waals surface area contributed by atoms with E-state index in [2.05, 4.69) is 22.3 Å². The number of hydrogen-bond donors (Lipinski definition) is 1. The lowest BCUT2D eigenvalue weighted by molar-refractivity contribution is -0.125. The number of amides is 1. The third-order valence-corrected chi connectivity index (χ3v) is 6.55. The minimum absolute atomic E-state index is 0.0853. The Morgan fingerprint density at radius 3 is 2.86 bits per heavy atom. The Balaban J connectivity index is 1.36. The van der Waals surface area contributed by atoms with E-state index in [0.717, 1.165) is 49.6 Å². The van der Waals surface area contributed by atoms with Crippen molar-refractivity contribution in [3.8, 4) is 5.75 Å². The third kappa shape index (κ3) is 2.81. The number of benzene rings is 2. The normalized spacial score (nSPS) is 29.0. The summed E-state index contributed by atoms with van der Waals surface area (Å²) in [4.78, 5) is 20.5. The van der Waals surface area contributed by atoms with Crippen LogP contribution in [-0.2, 0) is 11.3 Å². The molecule has 1 saturated heterocycles. The zero-order valence-electron chi connectivity index (χ0n) is 16.1. The summed E-state index contributed by atoms with van der Waals surface area (Å²) >= 11 is 0. The molecule has 0 unspecified atom stereocenters. The maximum Gasteiger partial charge on any atom is 0.253 e. The minimum atomic E-state index is -0.584. The van der Waals surface area contributed by atoms with Gasteiger partial charge in [-0.1, -0.05) is 42.5 Å². The number of ether oxygens (including phenoxy) is 1. The number of hydrogen-bond acceptors (Lipinski definition) is 4. The van der Waals surface area contributed by atoms with E-state index < -0.39 is 5.54 Å². The molecular formula is C23H25N3O2. The standard InChI is InChI=1S/C23H25N3O2/c1-28-19-9-5-6-16(12-19)13-26-14-18-10-11-23(20(18)15-26)22(27)24-21(25-23)17-7-3-2-4-8-17/h2-9,12,18,20H,10-11,13-15H2,1H3,(H,24,25,27)/t18-,20+,23-/m1/s1. The predicted octanol–water partition coefficient (Wildman–Crippen LogP) is 2.85. The second-order valence-corrected chi connectivity index (χ2v) is 8.16. The Bertz CT molecular complexity index is 926. The molecule has 0 bridgehead atoms. The summed E-state index contributed by atoms with van der Waals surface area (Å²) in [6.45, 7) is 2.84. The fourth-order valence-electron chi connectivity index (χ4n) is 5.19. The first-order chi connectivity index (χ1) is 13.7. The quantitative estimate of drug-likeness (QED) is 0.894. The van der Waals surface area contributed by atoms with Crippen molar-refractivity contribution >= 4 is 11.7 Å². The monoisotopic (exact) mass is 375 g/mol. The van der Waals surface area contributed by atoms with Crippen molar-refractivity contribution in [1.82, 2.24) is 10.2 Å². The average molecular weight is 375 g/mol. The van der Waals surface area contributed by atoms with Crippen LogP contribution >= 0.6 is 0 Å². The van der Waals surface area contributed by atoms with Crippen LogP contribution in [-0.4, -0.2) is 42.4 Å². The topological polar surface area (TPSA) is 53.9 Å². The van der Waals surface area contributed by atoms with Crippen LogP contribution in [0.3, 0.4) is 0 Å². The number of fused-ring (bicyclic) bond motifs is 2. The van der Waals surface area contributed by atoms with Crippen molar-refractivity contribution in [3.05, 3.63) is 65.7 Å². The molecule has 1 aliphatic carbocycles. The minimum Gasteiger partial charge on any atom is -0.497 e. The van der Waals surface area contributed by atoms with Crippen LogP contribution in [0, 0.1) is 11.8 Å². The van der Waals surface area contributed by atoms with E-state index in [-0.39, 0.29) is 5.91 Å². The smallest absolute Gasteiger partial charge is 0.253 e. The summed E-state index contributed by atoms with van der Waals surface area (Å²) in [7, 11) is 1.70. The van der Waals surface area contributed by atoms with E-state index in [9.17, 15) is 4.79 Å². The molecule has 0 aromatic heterocycles. The maximum absolute atomic E-state index is 13.0. The van der Waals surface area contributed by atoms with E-state index in [1.807, 2.05) is 42.5 Å². The summed E-state index contributed by atoms with van der Waals surface area (Å²) in [5, 5.41) is 3.07. The molecule has 1 spiro atoms. The highest BCUT2D eigenvalue weighted by Gasteiger charge is 2.59. The van der Waals surface area contributed by atoms with Crippen LogP contribution < -0.4 is 10.1 Å². The van der Waals surface area contributed by atoms with Gasteiger partial charge in [-0.3, -0.25) is 14.7 Å². The van der Waals surface area contributed by atoms with Crippen molar-refractivity contribution in [2.24, 2.45) is 16.8 Å². The zero-order chi connectivity index (χ0) is 19.1. The van der Waals surface area contributed by atoms with Crippen molar-refractivity contribution in [1.29, 1.82) is 0 Å². The Morgan fingerprint density at radius 2 is 2.04 bits per heavy atom.